The average Bonchev–Trinajstić information content (AvgIpc) is 2.93. The molecule has 0 radical (unpaired) electrons. The summed E-state index contributed by atoms with van der Waals surface area (Å²) in [5.74, 6) is 0. The topological polar surface area (TPSA) is 43.8 Å². The first-order chi connectivity index (χ1) is 8.25. The van der Waals surface area contributed by atoms with Gasteiger partial charge in [0.05, 0.1) is 11.7 Å². The van der Waals surface area contributed by atoms with Crippen molar-refractivity contribution in [2.24, 2.45) is 12.8 Å². The van der Waals surface area contributed by atoms with E-state index in [2.05, 4.69) is 29.4 Å². The van der Waals surface area contributed by atoms with Gasteiger partial charge >= 0.3 is 0 Å². The van der Waals surface area contributed by atoms with Gasteiger partial charge in [0.2, 0.25) is 0 Å². The van der Waals surface area contributed by atoms with Crippen molar-refractivity contribution in [1.29, 1.82) is 0 Å². The molecule has 0 spiro atoms. The highest BCUT2D eigenvalue weighted by Gasteiger charge is 2.29. The van der Waals surface area contributed by atoms with Gasteiger partial charge in [0.25, 0.3) is 0 Å². The van der Waals surface area contributed by atoms with E-state index in [4.69, 9.17) is 5.73 Å². The minimum atomic E-state index is 0.0416. The molecule has 0 saturated carbocycles. The Labute approximate surface area is 105 Å². The minimum Gasteiger partial charge on any atom is -0.322 e. The van der Waals surface area contributed by atoms with Gasteiger partial charge in [-0.05, 0) is 24.1 Å². The van der Waals surface area contributed by atoms with E-state index in [-0.39, 0.29) is 6.04 Å². The van der Waals surface area contributed by atoms with Crippen LogP contribution < -0.4 is 5.73 Å². The summed E-state index contributed by atoms with van der Waals surface area (Å²) in [5.41, 5.74) is 8.87. The molecular weight excluding hydrogens is 230 g/mol. The summed E-state index contributed by atoms with van der Waals surface area (Å²) in [6.45, 7) is 0. The maximum Gasteiger partial charge on any atom is 0.0594 e. The predicted molar refractivity (Wildman–Crippen MR) is 69.9 cm³/mol. The summed E-state index contributed by atoms with van der Waals surface area (Å²) in [6.07, 6.45) is 2.86. The van der Waals surface area contributed by atoms with E-state index in [0.29, 0.717) is 5.25 Å². The van der Waals surface area contributed by atoms with Crippen LogP contribution in [-0.4, -0.2) is 15.0 Å². The fourth-order valence-electron chi connectivity index (χ4n) is 2.31. The first kappa shape index (κ1) is 10.9. The van der Waals surface area contributed by atoms with E-state index in [1.807, 2.05) is 35.8 Å². The Balaban J connectivity index is 1.83. The van der Waals surface area contributed by atoms with Gasteiger partial charge in [0, 0.05) is 23.4 Å². The Bertz CT molecular complexity index is 510. The molecule has 0 aliphatic carbocycles. The van der Waals surface area contributed by atoms with Crippen LogP contribution in [-0.2, 0) is 13.5 Å². The first-order valence-corrected chi connectivity index (χ1v) is 6.62. The lowest BCUT2D eigenvalue weighted by atomic mass is 10.0. The molecule has 2 heterocycles. The lowest BCUT2D eigenvalue weighted by Gasteiger charge is -2.18. The van der Waals surface area contributed by atoms with Gasteiger partial charge in [0.1, 0.15) is 0 Å². The van der Waals surface area contributed by atoms with E-state index in [1.54, 1.807) is 0 Å². The molecule has 0 saturated heterocycles. The van der Waals surface area contributed by atoms with Crippen LogP contribution in [0.2, 0.25) is 0 Å². The molecule has 0 amide bonds. The number of hydrogen-bond acceptors (Lipinski definition) is 3. The summed E-state index contributed by atoms with van der Waals surface area (Å²) in [4.78, 5) is 1.37. The second-order valence-electron chi connectivity index (χ2n) is 4.37. The molecule has 1 aliphatic rings. The summed E-state index contributed by atoms with van der Waals surface area (Å²) >= 11 is 1.89. The summed E-state index contributed by atoms with van der Waals surface area (Å²) in [5, 5.41) is 4.60. The summed E-state index contributed by atoms with van der Waals surface area (Å²) in [7, 11) is 1.95. The summed E-state index contributed by atoms with van der Waals surface area (Å²) in [6, 6.07) is 10.6. The smallest absolute Gasteiger partial charge is 0.0594 e. The molecule has 2 unspecified atom stereocenters. The number of fused-ring (bicyclic) bond motifs is 1. The van der Waals surface area contributed by atoms with Crippen molar-refractivity contribution < 1.29 is 0 Å². The van der Waals surface area contributed by atoms with Gasteiger partial charge in [-0.2, -0.15) is 5.10 Å². The number of rotatable bonds is 2. The second-order valence-corrected chi connectivity index (χ2v) is 5.65. The third kappa shape index (κ3) is 1.87. The minimum absolute atomic E-state index is 0.0416. The molecule has 17 heavy (non-hydrogen) atoms. The number of hydrogen-bond donors (Lipinski definition) is 1. The molecule has 0 bridgehead atoms. The lowest BCUT2D eigenvalue weighted by molar-refractivity contribution is 0.598. The van der Waals surface area contributed by atoms with Gasteiger partial charge in [-0.3, -0.25) is 4.68 Å². The van der Waals surface area contributed by atoms with Crippen LogP contribution in [0.4, 0.5) is 0 Å². The molecule has 1 aromatic heterocycles. The van der Waals surface area contributed by atoms with Crippen molar-refractivity contribution in [2.75, 3.05) is 0 Å². The van der Waals surface area contributed by atoms with Crippen molar-refractivity contribution in [3.05, 3.63) is 47.8 Å². The van der Waals surface area contributed by atoms with Crippen LogP contribution in [0.1, 0.15) is 17.3 Å². The van der Waals surface area contributed by atoms with Gasteiger partial charge in [0.15, 0.2) is 0 Å². The molecule has 1 aromatic carbocycles. The summed E-state index contributed by atoms with van der Waals surface area (Å²) < 4.78 is 1.87. The van der Waals surface area contributed by atoms with E-state index in [1.165, 1.54) is 10.5 Å². The third-order valence-corrected chi connectivity index (χ3v) is 4.69. The van der Waals surface area contributed by atoms with Gasteiger partial charge in [-0.25, -0.2) is 0 Å². The first-order valence-electron chi connectivity index (χ1n) is 5.74. The Morgan fingerprint density at radius 2 is 2.24 bits per heavy atom. The monoisotopic (exact) mass is 245 g/mol. The SMILES string of the molecule is Cn1nccc1C(N)C1Cc2ccccc2S1. The molecule has 3 nitrogen and oxygen atoms in total. The van der Waals surface area contributed by atoms with Gasteiger partial charge in [-0.1, -0.05) is 18.2 Å². The van der Waals surface area contributed by atoms with Gasteiger partial charge in [-0.15, -0.1) is 11.8 Å². The molecule has 2 atom stereocenters. The molecule has 3 rings (SSSR count). The van der Waals surface area contributed by atoms with Crippen molar-refractivity contribution in [2.45, 2.75) is 22.6 Å². The van der Waals surface area contributed by atoms with Crippen LogP contribution in [0.5, 0.6) is 0 Å². The maximum atomic E-state index is 6.34. The molecule has 1 aliphatic heterocycles. The van der Waals surface area contributed by atoms with Crippen LogP contribution in [0.15, 0.2) is 41.4 Å². The van der Waals surface area contributed by atoms with Crippen LogP contribution in [0, 0.1) is 0 Å². The van der Waals surface area contributed by atoms with Crippen molar-refractivity contribution >= 4 is 11.8 Å². The Kier molecular flexibility index (Phi) is 2.68. The van der Waals surface area contributed by atoms with E-state index >= 15 is 0 Å². The Morgan fingerprint density at radius 1 is 1.41 bits per heavy atom. The number of thioether (sulfide) groups is 1. The quantitative estimate of drug-likeness (QED) is 0.881. The number of nitrogens with two attached hydrogens (primary N) is 1. The Morgan fingerprint density at radius 3 is 2.94 bits per heavy atom. The number of aryl methyl sites for hydroxylation is 1. The zero-order chi connectivity index (χ0) is 11.8. The molecular formula is C13H15N3S. The van der Waals surface area contributed by atoms with Crippen LogP contribution in [0.25, 0.3) is 0 Å². The lowest BCUT2D eigenvalue weighted by Crippen LogP contribution is -2.25. The fourth-order valence-corrected chi connectivity index (χ4v) is 3.65. The average molecular weight is 245 g/mol. The highest BCUT2D eigenvalue weighted by Crippen LogP contribution is 2.41. The maximum absolute atomic E-state index is 6.34. The van der Waals surface area contributed by atoms with E-state index in [9.17, 15) is 0 Å². The van der Waals surface area contributed by atoms with Crippen LogP contribution in [0.3, 0.4) is 0 Å². The largest absolute Gasteiger partial charge is 0.322 e. The Hall–Kier alpha value is -1.26. The third-order valence-electron chi connectivity index (χ3n) is 3.27. The van der Waals surface area contributed by atoms with Crippen molar-refractivity contribution in [1.82, 2.24) is 9.78 Å². The normalized spacial score (nSPS) is 20.2. The molecule has 2 N–H and O–H groups in total. The standard InChI is InChI=1S/C13H15N3S/c1-16-10(6-7-15-16)13(14)12-8-9-4-2-3-5-11(9)17-12/h2-7,12-13H,8,14H2,1H3. The zero-order valence-corrected chi connectivity index (χ0v) is 10.5. The molecule has 2 aromatic rings. The van der Waals surface area contributed by atoms with Crippen LogP contribution >= 0.6 is 11.8 Å². The van der Waals surface area contributed by atoms with E-state index in [0.717, 1.165) is 12.1 Å². The highest BCUT2D eigenvalue weighted by molar-refractivity contribution is 8.00. The zero-order valence-electron chi connectivity index (χ0n) is 9.71. The second kappa shape index (κ2) is 4.20. The van der Waals surface area contributed by atoms with Crippen molar-refractivity contribution in [3.63, 3.8) is 0 Å². The molecule has 88 valence electrons. The predicted octanol–water partition coefficient (Wildman–Crippen LogP) is 2.14. The van der Waals surface area contributed by atoms with Gasteiger partial charge < -0.3 is 5.73 Å². The molecule has 0 fully saturated rings. The fraction of sp³-hybridized carbons (Fsp3) is 0.308. The van der Waals surface area contributed by atoms with Crippen molar-refractivity contribution in [3.8, 4) is 0 Å². The molecule has 4 heteroatoms. The van der Waals surface area contributed by atoms with E-state index < -0.39 is 0 Å². The number of aromatic nitrogens is 2. The highest BCUT2D eigenvalue weighted by atomic mass is 32.2. The number of benzene rings is 1. The number of nitrogens with zero attached hydrogens (tertiary/aromatic N) is 2.